The summed E-state index contributed by atoms with van der Waals surface area (Å²) in [5.41, 5.74) is 0.428. The summed E-state index contributed by atoms with van der Waals surface area (Å²) >= 11 is 5.81. The summed E-state index contributed by atoms with van der Waals surface area (Å²) in [6.45, 7) is -0.0718. The maximum Gasteiger partial charge on any atom is 0.351 e. The Labute approximate surface area is 181 Å². The van der Waals surface area contributed by atoms with E-state index in [2.05, 4.69) is 0 Å². The zero-order valence-electron chi connectivity index (χ0n) is 16.0. The fraction of sp³-hybridized carbons (Fsp3) is 0.0417. The number of rotatable bonds is 5. The average molecular weight is 435 g/mol. The van der Waals surface area contributed by atoms with Crippen molar-refractivity contribution in [1.82, 2.24) is 0 Å². The lowest BCUT2D eigenvalue weighted by Crippen LogP contribution is -2.16. The molecule has 0 bridgehead atoms. The number of para-hydroxylation sites is 1. The molecule has 0 unspecified atom stereocenters. The van der Waals surface area contributed by atoms with Gasteiger partial charge in [0.25, 0.3) is 0 Å². The molecule has 6 nitrogen and oxygen atoms in total. The Balaban J connectivity index is 1.39. The summed E-state index contributed by atoms with van der Waals surface area (Å²) in [6, 6.07) is 21.2. The largest absolute Gasteiger partial charge is 0.457 e. The number of halogens is 1. The smallest absolute Gasteiger partial charge is 0.351 e. The molecule has 31 heavy (non-hydrogen) atoms. The lowest BCUT2D eigenvalue weighted by Gasteiger charge is -2.07. The number of fused-ring (bicyclic) bond motifs is 1. The zero-order valence-corrected chi connectivity index (χ0v) is 16.8. The number of carbonyl (C=O) groups is 2. The van der Waals surface area contributed by atoms with E-state index < -0.39 is 17.6 Å². The van der Waals surface area contributed by atoms with Crippen molar-refractivity contribution in [3.63, 3.8) is 0 Å². The van der Waals surface area contributed by atoms with Crippen LogP contribution >= 0.6 is 11.6 Å². The molecule has 0 amide bonds. The Kier molecular flexibility index (Phi) is 5.82. The van der Waals surface area contributed by atoms with Crippen LogP contribution in [0.2, 0.25) is 5.02 Å². The number of carbonyl (C=O) groups excluding carboxylic acids is 2. The number of hydrogen-bond donors (Lipinski definition) is 0. The molecule has 1 heterocycles. The van der Waals surface area contributed by atoms with Crippen LogP contribution in [0.15, 0.2) is 88.1 Å². The van der Waals surface area contributed by atoms with Crippen molar-refractivity contribution in [3.8, 4) is 5.75 Å². The quantitative estimate of drug-likeness (QED) is 0.249. The molecule has 7 heteroatoms. The number of benzene rings is 3. The zero-order chi connectivity index (χ0) is 21.8. The highest BCUT2D eigenvalue weighted by Gasteiger charge is 2.15. The van der Waals surface area contributed by atoms with E-state index in [1.807, 2.05) is 0 Å². The van der Waals surface area contributed by atoms with Crippen molar-refractivity contribution in [2.45, 2.75) is 6.61 Å². The first-order valence-electron chi connectivity index (χ1n) is 9.26. The third-order valence-electron chi connectivity index (χ3n) is 4.45. The SMILES string of the molecule is O=C(Oc1ccc(Cl)cc1)c1ccc(COC(=O)c2cc3ccccc3oc2=O)cc1. The van der Waals surface area contributed by atoms with E-state index in [1.54, 1.807) is 72.8 Å². The molecule has 3 aromatic carbocycles. The van der Waals surface area contributed by atoms with Gasteiger partial charge in [0.2, 0.25) is 0 Å². The van der Waals surface area contributed by atoms with Gasteiger partial charge in [-0.2, -0.15) is 0 Å². The number of hydrogen-bond acceptors (Lipinski definition) is 6. The van der Waals surface area contributed by atoms with E-state index in [1.165, 1.54) is 6.07 Å². The molecule has 0 saturated carbocycles. The highest BCUT2D eigenvalue weighted by Crippen LogP contribution is 2.18. The Morgan fingerprint density at radius 1 is 0.871 bits per heavy atom. The van der Waals surface area contributed by atoms with Crippen LogP contribution < -0.4 is 10.4 Å². The van der Waals surface area contributed by atoms with Gasteiger partial charge < -0.3 is 13.9 Å². The van der Waals surface area contributed by atoms with E-state index in [4.69, 9.17) is 25.5 Å². The molecule has 0 saturated heterocycles. The van der Waals surface area contributed by atoms with Gasteiger partial charge in [0, 0.05) is 10.4 Å². The minimum atomic E-state index is -0.786. The lowest BCUT2D eigenvalue weighted by atomic mass is 10.1. The van der Waals surface area contributed by atoms with Crippen LogP contribution in [0.5, 0.6) is 5.75 Å². The second-order valence-electron chi connectivity index (χ2n) is 6.60. The second-order valence-corrected chi connectivity index (χ2v) is 7.04. The molecule has 1 aromatic heterocycles. The van der Waals surface area contributed by atoms with Crippen LogP contribution in [0.25, 0.3) is 11.0 Å². The standard InChI is InChI=1S/C24H15ClO6/c25-18-9-11-19(12-10-18)30-22(26)16-7-5-15(6-8-16)14-29-23(27)20-13-17-3-1-2-4-21(17)31-24(20)28/h1-13H,14H2. The topological polar surface area (TPSA) is 82.8 Å². The van der Waals surface area contributed by atoms with Gasteiger partial charge in [-0.15, -0.1) is 0 Å². The van der Waals surface area contributed by atoms with Crippen LogP contribution in [0, 0.1) is 0 Å². The summed E-state index contributed by atoms with van der Waals surface area (Å²) in [7, 11) is 0. The molecule has 154 valence electrons. The Hall–Kier alpha value is -3.90. The summed E-state index contributed by atoms with van der Waals surface area (Å²) in [5, 5.41) is 1.16. The van der Waals surface area contributed by atoms with Gasteiger partial charge >= 0.3 is 17.6 Å². The summed E-state index contributed by atoms with van der Waals surface area (Å²) < 4.78 is 15.6. The van der Waals surface area contributed by atoms with Crippen molar-refractivity contribution < 1.29 is 23.5 Å². The molecule has 0 aliphatic carbocycles. The van der Waals surface area contributed by atoms with Crippen LogP contribution in [-0.2, 0) is 11.3 Å². The van der Waals surface area contributed by atoms with Crippen molar-refractivity contribution in [1.29, 1.82) is 0 Å². The predicted octanol–water partition coefficient (Wildman–Crippen LogP) is 5.02. The number of ether oxygens (including phenoxy) is 2. The van der Waals surface area contributed by atoms with Crippen LogP contribution in [0.3, 0.4) is 0 Å². The highest BCUT2D eigenvalue weighted by molar-refractivity contribution is 6.30. The molecule has 0 aliphatic heterocycles. The third-order valence-corrected chi connectivity index (χ3v) is 4.70. The van der Waals surface area contributed by atoms with Crippen LogP contribution in [-0.4, -0.2) is 11.9 Å². The maximum atomic E-state index is 12.3. The first-order valence-corrected chi connectivity index (χ1v) is 9.64. The highest BCUT2D eigenvalue weighted by atomic mass is 35.5. The van der Waals surface area contributed by atoms with E-state index in [-0.39, 0.29) is 12.2 Å². The van der Waals surface area contributed by atoms with Gasteiger partial charge in [-0.1, -0.05) is 41.9 Å². The minimum absolute atomic E-state index is 0.0718. The molecule has 0 radical (unpaired) electrons. The van der Waals surface area contributed by atoms with E-state index in [9.17, 15) is 14.4 Å². The third kappa shape index (κ3) is 4.82. The maximum absolute atomic E-state index is 12.3. The predicted molar refractivity (Wildman–Crippen MR) is 114 cm³/mol. The van der Waals surface area contributed by atoms with E-state index in [0.717, 1.165) is 0 Å². The van der Waals surface area contributed by atoms with Gasteiger partial charge in [-0.25, -0.2) is 14.4 Å². The van der Waals surface area contributed by atoms with E-state index in [0.29, 0.717) is 32.9 Å². The molecule has 0 N–H and O–H groups in total. The van der Waals surface area contributed by atoms with Gasteiger partial charge in [-0.3, -0.25) is 0 Å². The lowest BCUT2D eigenvalue weighted by molar-refractivity contribution is 0.0467. The van der Waals surface area contributed by atoms with Crippen LogP contribution in [0.1, 0.15) is 26.3 Å². The van der Waals surface area contributed by atoms with Crippen molar-refractivity contribution >= 4 is 34.5 Å². The summed E-state index contributed by atoms with van der Waals surface area (Å²) in [6.07, 6.45) is 0. The molecule has 0 fully saturated rings. The van der Waals surface area contributed by atoms with Crippen molar-refractivity contribution in [2.75, 3.05) is 0 Å². The normalized spacial score (nSPS) is 10.6. The number of esters is 2. The fourth-order valence-corrected chi connectivity index (χ4v) is 2.96. The summed E-state index contributed by atoms with van der Waals surface area (Å²) in [4.78, 5) is 36.6. The van der Waals surface area contributed by atoms with E-state index >= 15 is 0 Å². The molecule has 4 rings (SSSR count). The molecule has 0 aliphatic rings. The van der Waals surface area contributed by atoms with Gasteiger partial charge in [0.1, 0.15) is 23.5 Å². The first-order chi connectivity index (χ1) is 15.0. The fourth-order valence-electron chi connectivity index (χ4n) is 2.84. The molecule has 4 aromatic rings. The van der Waals surface area contributed by atoms with Crippen molar-refractivity contribution in [3.05, 3.63) is 111 Å². The first kappa shape index (κ1) is 20.4. The molecular formula is C24H15ClO6. The van der Waals surface area contributed by atoms with Crippen LogP contribution in [0.4, 0.5) is 0 Å². The molecule has 0 atom stereocenters. The minimum Gasteiger partial charge on any atom is -0.457 e. The van der Waals surface area contributed by atoms with Gasteiger partial charge in [0.15, 0.2) is 0 Å². The second kappa shape index (κ2) is 8.85. The average Bonchev–Trinajstić information content (AvgIpc) is 2.79. The van der Waals surface area contributed by atoms with Gasteiger partial charge in [-0.05, 0) is 54.1 Å². The van der Waals surface area contributed by atoms with Gasteiger partial charge in [0.05, 0.1) is 5.56 Å². The Morgan fingerprint density at radius 2 is 1.58 bits per heavy atom. The monoisotopic (exact) mass is 434 g/mol. The summed E-state index contributed by atoms with van der Waals surface area (Å²) in [5.74, 6) is -0.938. The molecular weight excluding hydrogens is 420 g/mol. The Morgan fingerprint density at radius 3 is 2.32 bits per heavy atom. The Bertz CT molecular complexity index is 1310. The molecule has 0 spiro atoms. The van der Waals surface area contributed by atoms with Crippen molar-refractivity contribution in [2.24, 2.45) is 0 Å².